The number of hydrogen-bond acceptors (Lipinski definition) is 4. The van der Waals surface area contributed by atoms with Gasteiger partial charge < -0.3 is 9.84 Å². The number of hydrogen-bond donors (Lipinski definition) is 2. The van der Waals surface area contributed by atoms with Crippen molar-refractivity contribution in [2.75, 3.05) is 13.7 Å². The molecule has 116 valence electrons. The number of methoxy groups -OCH3 is 1. The molecule has 1 unspecified atom stereocenters. The van der Waals surface area contributed by atoms with Crippen LogP contribution in [0.3, 0.4) is 0 Å². The van der Waals surface area contributed by atoms with Crippen molar-refractivity contribution >= 4 is 16.0 Å². The van der Waals surface area contributed by atoms with Gasteiger partial charge in [0.1, 0.15) is 16.8 Å². The molecule has 1 aliphatic rings. The fourth-order valence-electron chi connectivity index (χ4n) is 1.98. The molecular weight excluding hydrogens is 301 g/mol. The van der Waals surface area contributed by atoms with E-state index in [-0.39, 0.29) is 6.61 Å². The van der Waals surface area contributed by atoms with Gasteiger partial charge in [-0.1, -0.05) is 6.07 Å². The maximum atomic E-state index is 14.0. The smallest absolute Gasteiger partial charge is 0.324 e. The Balaban J connectivity index is 2.24. The Morgan fingerprint density at radius 3 is 2.67 bits per heavy atom. The third kappa shape index (κ3) is 3.78. The van der Waals surface area contributed by atoms with Crippen molar-refractivity contribution in [3.8, 4) is 0 Å². The molecule has 1 aliphatic carbocycles. The van der Waals surface area contributed by atoms with Crippen LogP contribution in [0.1, 0.15) is 24.3 Å². The number of carbonyl (C=O) groups is 1. The Morgan fingerprint density at radius 2 is 2.19 bits per heavy atom. The predicted octanol–water partition coefficient (Wildman–Crippen LogP) is 1.08. The third-order valence-electron chi connectivity index (χ3n) is 3.22. The molecule has 8 heteroatoms. The molecule has 0 radical (unpaired) electrons. The number of carboxylic acids is 1. The van der Waals surface area contributed by atoms with Crippen molar-refractivity contribution in [3.63, 3.8) is 0 Å². The molecule has 21 heavy (non-hydrogen) atoms. The lowest BCUT2D eigenvalue weighted by Crippen LogP contribution is -2.43. The highest BCUT2D eigenvalue weighted by molar-refractivity contribution is 7.89. The van der Waals surface area contributed by atoms with Crippen LogP contribution in [0.2, 0.25) is 0 Å². The van der Waals surface area contributed by atoms with Crippen LogP contribution in [-0.2, 0) is 19.6 Å². The molecule has 2 rings (SSSR count). The monoisotopic (exact) mass is 317 g/mol. The van der Waals surface area contributed by atoms with Crippen molar-refractivity contribution in [1.82, 2.24) is 4.72 Å². The average molecular weight is 317 g/mol. The fraction of sp³-hybridized carbons (Fsp3) is 0.462. The van der Waals surface area contributed by atoms with Gasteiger partial charge in [-0.3, -0.25) is 4.79 Å². The lowest BCUT2D eigenvalue weighted by atomic mass is 10.1. The standard InChI is InChI=1S/C13H16FNO5S/c1-20-7-11(13(16)17)15-21(18,19)12-5-4-9(6-10(12)14)8-2-3-8/h4-6,8,11,15H,2-3,7H2,1H3,(H,16,17). The van der Waals surface area contributed by atoms with Crippen LogP contribution in [0, 0.1) is 5.82 Å². The van der Waals surface area contributed by atoms with Gasteiger partial charge in [0.2, 0.25) is 10.0 Å². The molecule has 1 aromatic rings. The number of nitrogens with one attached hydrogen (secondary N) is 1. The first-order chi connectivity index (χ1) is 9.85. The summed E-state index contributed by atoms with van der Waals surface area (Å²) in [4.78, 5) is 10.4. The molecule has 0 aliphatic heterocycles. The lowest BCUT2D eigenvalue weighted by molar-refractivity contribution is -0.140. The van der Waals surface area contributed by atoms with Crippen molar-refractivity contribution in [1.29, 1.82) is 0 Å². The summed E-state index contributed by atoms with van der Waals surface area (Å²) in [5.74, 6) is -1.98. The third-order valence-corrected chi connectivity index (χ3v) is 4.73. The summed E-state index contributed by atoms with van der Waals surface area (Å²) < 4.78 is 44.7. The topological polar surface area (TPSA) is 92.7 Å². The summed E-state index contributed by atoms with van der Waals surface area (Å²) in [7, 11) is -3.02. The zero-order valence-corrected chi connectivity index (χ0v) is 12.2. The van der Waals surface area contributed by atoms with Gasteiger partial charge in [-0.2, -0.15) is 4.72 Å². The van der Waals surface area contributed by atoms with Gasteiger partial charge in [0.15, 0.2) is 0 Å². The number of carboxylic acid groups (broad SMARTS) is 1. The van der Waals surface area contributed by atoms with Gasteiger partial charge in [0, 0.05) is 7.11 Å². The fourth-order valence-corrected chi connectivity index (χ4v) is 3.21. The van der Waals surface area contributed by atoms with E-state index < -0.39 is 32.7 Å². The molecule has 0 amide bonds. The lowest BCUT2D eigenvalue weighted by Gasteiger charge is -2.14. The molecule has 1 saturated carbocycles. The van der Waals surface area contributed by atoms with E-state index in [0.717, 1.165) is 24.5 Å². The highest BCUT2D eigenvalue weighted by atomic mass is 32.2. The van der Waals surface area contributed by atoms with Gasteiger partial charge in [-0.05, 0) is 36.5 Å². The van der Waals surface area contributed by atoms with Crippen LogP contribution in [0.4, 0.5) is 4.39 Å². The minimum absolute atomic E-state index is 0.296. The predicted molar refractivity (Wildman–Crippen MR) is 72.0 cm³/mol. The molecule has 0 aromatic heterocycles. The molecular formula is C13H16FNO5S. The van der Waals surface area contributed by atoms with Crippen LogP contribution >= 0.6 is 0 Å². The Kier molecular flexibility index (Phi) is 4.60. The summed E-state index contributed by atoms with van der Waals surface area (Å²) in [6, 6.07) is 2.44. The minimum Gasteiger partial charge on any atom is -0.480 e. The number of halogens is 1. The number of ether oxygens (including phenoxy) is 1. The highest BCUT2D eigenvalue weighted by Gasteiger charge is 2.29. The SMILES string of the molecule is COCC(NS(=O)(=O)c1ccc(C2CC2)cc1F)C(=O)O. The van der Waals surface area contributed by atoms with Gasteiger partial charge >= 0.3 is 5.97 Å². The molecule has 1 aromatic carbocycles. The van der Waals surface area contributed by atoms with E-state index in [1.165, 1.54) is 13.2 Å². The van der Waals surface area contributed by atoms with E-state index in [1.54, 1.807) is 6.07 Å². The average Bonchev–Trinajstić information content (AvgIpc) is 3.21. The summed E-state index contributed by atoms with van der Waals surface area (Å²) in [6.07, 6.45) is 1.94. The van der Waals surface area contributed by atoms with Crippen LogP contribution in [-0.4, -0.2) is 39.3 Å². The summed E-state index contributed by atoms with van der Waals surface area (Å²) in [5.41, 5.74) is 0.762. The van der Waals surface area contributed by atoms with Gasteiger partial charge in [0.05, 0.1) is 6.61 Å². The molecule has 0 spiro atoms. The van der Waals surface area contributed by atoms with Crippen molar-refractivity contribution in [2.24, 2.45) is 0 Å². The largest absolute Gasteiger partial charge is 0.480 e. The second kappa shape index (κ2) is 6.08. The zero-order valence-electron chi connectivity index (χ0n) is 11.4. The van der Waals surface area contributed by atoms with E-state index in [4.69, 9.17) is 5.11 Å². The van der Waals surface area contributed by atoms with Gasteiger partial charge in [-0.25, -0.2) is 12.8 Å². The van der Waals surface area contributed by atoms with Crippen LogP contribution in [0.25, 0.3) is 0 Å². The van der Waals surface area contributed by atoms with E-state index in [2.05, 4.69) is 4.74 Å². The molecule has 0 saturated heterocycles. The number of sulfonamides is 1. The van der Waals surface area contributed by atoms with E-state index in [0.29, 0.717) is 5.92 Å². The van der Waals surface area contributed by atoms with Gasteiger partial charge in [0.25, 0.3) is 0 Å². The van der Waals surface area contributed by atoms with Crippen LogP contribution in [0.5, 0.6) is 0 Å². The first kappa shape index (κ1) is 15.9. The maximum absolute atomic E-state index is 14.0. The Labute approximate surface area is 122 Å². The van der Waals surface area contributed by atoms with Crippen LogP contribution in [0.15, 0.2) is 23.1 Å². The van der Waals surface area contributed by atoms with E-state index >= 15 is 0 Å². The molecule has 0 heterocycles. The number of rotatable bonds is 7. The van der Waals surface area contributed by atoms with Crippen LogP contribution < -0.4 is 4.72 Å². The van der Waals surface area contributed by atoms with Crippen molar-refractivity contribution in [2.45, 2.75) is 29.7 Å². The molecule has 1 atom stereocenters. The quantitative estimate of drug-likeness (QED) is 0.785. The second-order valence-corrected chi connectivity index (χ2v) is 6.61. The first-order valence-electron chi connectivity index (χ1n) is 6.38. The first-order valence-corrected chi connectivity index (χ1v) is 7.87. The molecule has 0 bridgehead atoms. The highest BCUT2D eigenvalue weighted by Crippen LogP contribution is 2.40. The number of aliphatic carboxylic acids is 1. The van der Waals surface area contributed by atoms with Crippen molar-refractivity contribution < 1.29 is 27.4 Å². The zero-order chi connectivity index (χ0) is 15.6. The summed E-state index contributed by atoms with van der Waals surface area (Å²) in [6.45, 7) is -0.351. The summed E-state index contributed by atoms with van der Waals surface area (Å²) >= 11 is 0. The van der Waals surface area contributed by atoms with E-state index in [9.17, 15) is 17.6 Å². The molecule has 1 fully saturated rings. The molecule has 2 N–H and O–H groups in total. The number of benzene rings is 1. The molecule has 6 nitrogen and oxygen atoms in total. The maximum Gasteiger partial charge on any atom is 0.324 e. The second-order valence-electron chi connectivity index (χ2n) is 4.93. The Morgan fingerprint density at radius 1 is 1.52 bits per heavy atom. The Bertz CT molecular complexity index is 642. The van der Waals surface area contributed by atoms with Crippen molar-refractivity contribution in [3.05, 3.63) is 29.6 Å². The van der Waals surface area contributed by atoms with E-state index in [1.807, 2.05) is 4.72 Å². The normalized spacial score (nSPS) is 16.7. The summed E-state index contributed by atoms with van der Waals surface area (Å²) in [5, 5.41) is 8.91. The van der Waals surface area contributed by atoms with Gasteiger partial charge in [-0.15, -0.1) is 0 Å². The minimum atomic E-state index is -4.27. The Hall–Kier alpha value is -1.51.